The fourth-order valence-electron chi connectivity index (χ4n) is 2.86. The van der Waals surface area contributed by atoms with Crippen LogP contribution in [0.2, 0.25) is 0 Å². The van der Waals surface area contributed by atoms with Crippen LogP contribution in [0.15, 0.2) is 0 Å². The number of likely N-dealkylation sites (tertiary alicyclic amines) is 2. The Bertz CT molecular complexity index is 172. The van der Waals surface area contributed by atoms with Gasteiger partial charge in [0, 0.05) is 18.8 Å². The van der Waals surface area contributed by atoms with Gasteiger partial charge in [-0.3, -0.25) is 0 Å². The molecule has 0 radical (unpaired) electrons. The van der Waals surface area contributed by atoms with Gasteiger partial charge < -0.3 is 9.80 Å². The topological polar surface area (TPSA) is 6.48 Å². The van der Waals surface area contributed by atoms with E-state index in [1.807, 2.05) is 0 Å². The third-order valence-corrected chi connectivity index (χ3v) is 4.04. The first-order valence-electron chi connectivity index (χ1n) is 6.44. The Hall–Kier alpha value is 0.270. The Balaban J connectivity index is 1.64. The molecule has 15 heavy (non-hydrogen) atoms. The first kappa shape index (κ1) is 11.7. The summed E-state index contributed by atoms with van der Waals surface area (Å²) in [5.74, 6) is 1.98. The summed E-state index contributed by atoms with van der Waals surface area (Å²) in [7, 11) is 0. The highest BCUT2D eigenvalue weighted by molar-refractivity contribution is 7.80. The maximum absolute atomic E-state index is 4.30. The maximum atomic E-state index is 4.30. The van der Waals surface area contributed by atoms with Crippen molar-refractivity contribution in [1.29, 1.82) is 0 Å². The lowest BCUT2D eigenvalue weighted by molar-refractivity contribution is 0.160. The van der Waals surface area contributed by atoms with Crippen molar-refractivity contribution in [2.24, 2.45) is 5.92 Å². The lowest BCUT2D eigenvalue weighted by Crippen LogP contribution is -2.38. The van der Waals surface area contributed by atoms with Crippen LogP contribution in [0.3, 0.4) is 0 Å². The monoisotopic (exact) mass is 228 g/mol. The zero-order chi connectivity index (χ0) is 10.5. The van der Waals surface area contributed by atoms with Crippen molar-refractivity contribution >= 4 is 12.6 Å². The average molecular weight is 228 g/mol. The second-order valence-electron chi connectivity index (χ2n) is 5.02. The average Bonchev–Trinajstić information content (AvgIpc) is 2.74. The van der Waals surface area contributed by atoms with Crippen LogP contribution in [0.5, 0.6) is 0 Å². The van der Waals surface area contributed by atoms with E-state index in [0.717, 1.165) is 11.7 Å². The lowest BCUT2D eigenvalue weighted by atomic mass is 9.96. The van der Waals surface area contributed by atoms with E-state index in [9.17, 15) is 0 Å². The molecule has 0 spiro atoms. The summed E-state index contributed by atoms with van der Waals surface area (Å²) in [6.07, 6.45) is 5.67. The van der Waals surface area contributed by atoms with Gasteiger partial charge in [0.25, 0.3) is 0 Å². The highest BCUT2D eigenvalue weighted by atomic mass is 32.1. The van der Waals surface area contributed by atoms with Crippen molar-refractivity contribution in [1.82, 2.24) is 9.80 Å². The van der Waals surface area contributed by atoms with Gasteiger partial charge in [0.2, 0.25) is 0 Å². The number of hydrogen-bond donors (Lipinski definition) is 1. The molecule has 0 aromatic heterocycles. The summed E-state index contributed by atoms with van der Waals surface area (Å²) < 4.78 is 0. The molecule has 0 saturated carbocycles. The fraction of sp³-hybridized carbons (Fsp3) is 1.00. The molecule has 2 nitrogen and oxygen atoms in total. The molecule has 2 heterocycles. The standard InChI is InChI=1S/C12H24N2S/c15-10-9-13-7-3-12(4-8-13)11-14-5-1-2-6-14/h12,15H,1-11H2. The number of piperidine rings is 1. The molecule has 88 valence electrons. The largest absolute Gasteiger partial charge is 0.303 e. The van der Waals surface area contributed by atoms with Gasteiger partial charge in [0.1, 0.15) is 0 Å². The minimum Gasteiger partial charge on any atom is -0.303 e. The SMILES string of the molecule is SCCN1CCC(CN2CCCC2)CC1. The van der Waals surface area contributed by atoms with Crippen LogP contribution in [-0.2, 0) is 0 Å². The highest BCUT2D eigenvalue weighted by Gasteiger charge is 2.22. The highest BCUT2D eigenvalue weighted by Crippen LogP contribution is 2.20. The van der Waals surface area contributed by atoms with E-state index in [1.165, 1.54) is 65.0 Å². The van der Waals surface area contributed by atoms with Gasteiger partial charge in [-0.2, -0.15) is 12.6 Å². The van der Waals surface area contributed by atoms with Crippen LogP contribution in [0.1, 0.15) is 25.7 Å². The first-order valence-corrected chi connectivity index (χ1v) is 7.07. The fourth-order valence-corrected chi connectivity index (χ4v) is 3.15. The van der Waals surface area contributed by atoms with Crippen LogP contribution in [-0.4, -0.2) is 54.8 Å². The minimum absolute atomic E-state index is 0.972. The number of thiol groups is 1. The Kier molecular flexibility index (Phi) is 4.79. The van der Waals surface area contributed by atoms with Crippen LogP contribution < -0.4 is 0 Å². The molecule has 0 aromatic rings. The molecule has 2 aliphatic heterocycles. The Morgan fingerprint density at radius 2 is 1.60 bits per heavy atom. The van der Waals surface area contributed by atoms with Gasteiger partial charge in [0.15, 0.2) is 0 Å². The Labute approximate surface area is 99.4 Å². The maximum Gasteiger partial charge on any atom is 0.00698 e. The van der Waals surface area contributed by atoms with Crippen molar-refractivity contribution in [3.8, 4) is 0 Å². The van der Waals surface area contributed by atoms with E-state index in [-0.39, 0.29) is 0 Å². The summed E-state index contributed by atoms with van der Waals surface area (Å²) >= 11 is 4.30. The van der Waals surface area contributed by atoms with E-state index < -0.39 is 0 Å². The molecule has 3 heteroatoms. The van der Waals surface area contributed by atoms with Crippen molar-refractivity contribution in [2.75, 3.05) is 45.0 Å². The summed E-state index contributed by atoms with van der Waals surface area (Å²) in [4.78, 5) is 5.23. The minimum atomic E-state index is 0.972. The number of rotatable bonds is 4. The lowest BCUT2D eigenvalue weighted by Gasteiger charge is -2.33. The quantitative estimate of drug-likeness (QED) is 0.732. The normalized spacial score (nSPS) is 26.2. The van der Waals surface area contributed by atoms with Gasteiger partial charge in [-0.1, -0.05) is 0 Å². The predicted molar refractivity (Wildman–Crippen MR) is 68.7 cm³/mol. The zero-order valence-corrected chi connectivity index (χ0v) is 10.6. The number of nitrogens with zero attached hydrogens (tertiary/aromatic N) is 2. The van der Waals surface area contributed by atoms with Crippen LogP contribution in [0.25, 0.3) is 0 Å². The molecular weight excluding hydrogens is 204 g/mol. The van der Waals surface area contributed by atoms with Crippen LogP contribution in [0.4, 0.5) is 0 Å². The van der Waals surface area contributed by atoms with Crippen molar-refractivity contribution < 1.29 is 0 Å². The molecule has 0 bridgehead atoms. The second-order valence-corrected chi connectivity index (χ2v) is 5.46. The summed E-state index contributed by atoms with van der Waals surface area (Å²) in [6, 6.07) is 0. The zero-order valence-electron chi connectivity index (χ0n) is 9.70. The molecule has 0 aromatic carbocycles. The summed E-state index contributed by atoms with van der Waals surface area (Å²) in [5, 5.41) is 0. The molecular formula is C12H24N2S. The molecule has 2 aliphatic rings. The first-order chi connectivity index (χ1) is 7.38. The second kappa shape index (κ2) is 6.12. The molecule has 0 unspecified atom stereocenters. The van der Waals surface area contributed by atoms with Gasteiger partial charge >= 0.3 is 0 Å². The molecule has 0 aliphatic carbocycles. The van der Waals surface area contributed by atoms with E-state index in [4.69, 9.17) is 0 Å². The molecule has 0 N–H and O–H groups in total. The van der Waals surface area contributed by atoms with Crippen molar-refractivity contribution in [3.05, 3.63) is 0 Å². The molecule has 2 rings (SSSR count). The van der Waals surface area contributed by atoms with E-state index in [1.54, 1.807) is 0 Å². The molecule has 0 amide bonds. The van der Waals surface area contributed by atoms with Gasteiger partial charge in [0.05, 0.1) is 0 Å². The molecule has 2 saturated heterocycles. The van der Waals surface area contributed by atoms with Crippen molar-refractivity contribution in [2.45, 2.75) is 25.7 Å². The molecule has 2 fully saturated rings. The van der Waals surface area contributed by atoms with Crippen molar-refractivity contribution in [3.63, 3.8) is 0 Å². The third kappa shape index (κ3) is 3.65. The van der Waals surface area contributed by atoms with Gasteiger partial charge in [-0.15, -0.1) is 0 Å². The predicted octanol–water partition coefficient (Wildman–Crippen LogP) is 1.72. The Morgan fingerprint density at radius 3 is 2.20 bits per heavy atom. The molecule has 0 atom stereocenters. The summed E-state index contributed by atoms with van der Waals surface area (Å²) in [5.41, 5.74) is 0. The smallest absolute Gasteiger partial charge is 0.00698 e. The van der Waals surface area contributed by atoms with Gasteiger partial charge in [-0.25, -0.2) is 0 Å². The van der Waals surface area contributed by atoms with Crippen LogP contribution in [0, 0.1) is 5.92 Å². The third-order valence-electron chi connectivity index (χ3n) is 3.84. The Morgan fingerprint density at radius 1 is 0.933 bits per heavy atom. The van der Waals surface area contributed by atoms with E-state index in [2.05, 4.69) is 22.4 Å². The van der Waals surface area contributed by atoms with Gasteiger partial charge in [-0.05, 0) is 57.8 Å². The van der Waals surface area contributed by atoms with Crippen LogP contribution >= 0.6 is 12.6 Å². The van der Waals surface area contributed by atoms with E-state index >= 15 is 0 Å². The number of hydrogen-bond acceptors (Lipinski definition) is 3. The summed E-state index contributed by atoms with van der Waals surface area (Å²) in [6.45, 7) is 7.88. The van der Waals surface area contributed by atoms with E-state index in [0.29, 0.717) is 0 Å².